The van der Waals surface area contributed by atoms with Gasteiger partial charge in [0.2, 0.25) is 0 Å². The number of anilines is 1. The Morgan fingerprint density at radius 3 is 2.90 bits per heavy atom. The smallest absolute Gasteiger partial charge is 0.163 e. The fourth-order valence-corrected chi connectivity index (χ4v) is 2.28. The zero-order chi connectivity index (χ0) is 14.1. The van der Waals surface area contributed by atoms with Crippen LogP contribution in [0.5, 0.6) is 0 Å². The first-order valence-electron chi connectivity index (χ1n) is 6.59. The van der Waals surface area contributed by atoms with Gasteiger partial charge in [-0.3, -0.25) is 4.68 Å². The lowest BCUT2D eigenvalue weighted by molar-refractivity contribution is 0.695. The largest absolute Gasteiger partial charge is 0.372 e. The van der Waals surface area contributed by atoms with Gasteiger partial charge in [-0.15, -0.1) is 0 Å². The summed E-state index contributed by atoms with van der Waals surface area (Å²) in [4.78, 5) is 13.5. The van der Waals surface area contributed by atoms with Crippen molar-refractivity contribution >= 4 is 16.9 Å². The monoisotopic (exact) mass is 271 g/mol. The zero-order valence-corrected chi connectivity index (χ0v) is 11.8. The summed E-state index contributed by atoms with van der Waals surface area (Å²) in [6.07, 6.45) is 6.43. The lowest BCUT2D eigenvalue weighted by Crippen LogP contribution is -2.09. The maximum absolute atomic E-state index is 4.59. The topological polar surface area (TPSA) is 73.5 Å². The van der Waals surface area contributed by atoms with Crippen LogP contribution in [0.4, 0.5) is 5.82 Å². The standard InChI is InChI=1S/C13H17N7/c1-4-11-15-5-6-20(11)8-10-17-12(14-2)9-7-16-19(3)13(9)18-10/h5-7H,4,8H2,1-3H3,(H,14,17,18). The number of hydrogen-bond acceptors (Lipinski definition) is 5. The predicted octanol–water partition coefficient (Wildman–Crippen LogP) is 1.21. The van der Waals surface area contributed by atoms with Gasteiger partial charge < -0.3 is 9.88 Å². The molecule has 104 valence electrons. The van der Waals surface area contributed by atoms with Crippen LogP contribution in [0.2, 0.25) is 0 Å². The Morgan fingerprint density at radius 1 is 1.30 bits per heavy atom. The van der Waals surface area contributed by atoms with E-state index >= 15 is 0 Å². The van der Waals surface area contributed by atoms with Crippen molar-refractivity contribution < 1.29 is 0 Å². The van der Waals surface area contributed by atoms with Crippen molar-refractivity contribution in [3.05, 3.63) is 30.2 Å². The molecule has 0 bridgehead atoms. The molecule has 3 heterocycles. The summed E-state index contributed by atoms with van der Waals surface area (Å²) in [6.45, 7) is 2.70. The molecule has 0 amide bonds. The normalized spacial score (nSPS) is 11.2. The molecule has 7 nitrogen and oxygen atoms in total. The van der Waals surface area contributed by atoms with Crippen LogP contribution in [-0.4, -0.2) is 36.3 Å². The molecular formula is C13H17N7. The number of nitrogens with zero attached hydrogens (tertiary/aromatic N) is 6. The van der Waals surface area contributed by atoms with Crippen LogP contribution in [0.25, 0.3) is 11.0 Å². The van der Waals surface area contributed by atoms with Gasteiger partial charge in [-0.05, 0) is 0 Å². The van der Waals surface area contributed by atoms with Gasteiger partial charge in [0, 0.05) is 32.9 Å². The molecule has 0 aromatic carbocycles. The van der Waals surface area contributed by atoms with Crippen LogP contribution in [0.15, 0.2) is 18.6 Å². The van der Waals surface area contributed by atoms with E-state index in [2.05, 4.69) is 36.9 Å². The maximum atomic E-state index is 4.59. The second-order valence-corrected chi connectivity index (χ2v) is 4.57. The highest BCUT2D eigenvalue weighted by molar-refractivity contribution is 5.86. The Kier molecular flexibility index (Phi) is 3.09. The Bertz CT molecular complexity index is 740. The van der Waals surface area contributed by atoms with Crippen molar-refractivity contribution in [3.63, 3.8) is 0 Å². The van der Waals surface area contributed by atoms with Crippen molar-refractivity contribution in [1.29, 1.82) is 0 Å². The number of fused-ring (bicyclic) bond motifs is 1. The molecule has 0 fully saturated rings. The second-order valence-electron chi connectivity index (χ2n) is 4.57. The third-order valence-electron chi connectivity index (χ3n) is 3.30. The minimum atomic E-state index is 0.610. The number of aromatic nitrogens is 6. The Hall–Kier alpha value is -2.44. The summed E-state index contributed by atoms with van der Waals surface area (Å²) in [5.74, 6) is 2.58. The van der Waals surface area contributed by atoms with Gasteiger partial charge in [0.25, 0.3) is 0 Å². The third-order valence-corrected chi connectivity index (χ3v) is 3.30. The predicted molar refractivity (Wildman–Crippen MR) is 76.6 cm³/mol. The van der Waals surface area contributed by atoms with Crippen molar-refractivity contribution in [2.45, 2.75) is 19.9 Å². The highest BCUT2D eigenvalue weighted by atomic mass is 15.3. The summed E-state index contributed by atoms with van der Waals surface area (Å²) >= 11 is 0. The first kappa shape index (κ1) is 12.6. The van der Waals surface area contributed by atoms with Crippen molar-refractivity contribution in [3.8, 4) is 0 Å². The van der Waals surface area contributed by atoms with Gasteiger partial charge in [0.1, 0.15) is 11.6 Å². The van der Waals surface area contributed by atoms with Crippen LogP contribution in [0.1, 0.15) is 18.6 Å². The Balaban J connectivity index is 2.05. The first-order chi connectivity index (χ1) is 9.72. The lowest BCUT2D eigenvalue weighted by Gasteiger charge is -2.08. The SMILES string of the molecule is CCc1nccn1Cc1nc(NC)c2cnn(C)c2n1. The molecule has 0 saturated carbocycles. The lowest BCUT2D eigenvalue weighted by atomic mass is 10.3. The molecule has 1 N–H and O–H groups in total. The third kappa shape index (κ3) is 2.01. The number of imidazole rings is 1. The van der Waals surface area contributed by atoms with E-state index in [9.17, 15) is 0 Å². The summed E-state index contributed by atoms with van der Waals surface area (Å²) in [5.41, 5.74) is 0.831. The summed E-state index contributed by atoms with van der Waals surface area (Å²) in [7, 11) is 3.74. The van der Waals surface area contributed by atoms with E-state index in [1.807, 2.05) is 20.3 Å². The molecule has 0 radical (unpaired) electrons. The molecule has 3 aromatic heterocycles. The van der Waals surface area contributed by atoms with Gasteiger partial charge in [-0.1, -0.05) is 6.92 Å². The molecular weight excluding hydrogens is 254 g/mol. The second kappa shape index (κ2) is 4.92. The molecule has 0 aliphatic heterocycles. The quantitative estimate of drug-likeness (QED) is 0.772. The number of aryl methyl sites for hydroxylation is 2. The zero-order valence-electron chi connectivity index (χ0n) is 11.8. The van der Waals surface area contributed by atoms with Gasteiger partial charge in [-0.25, -0.2) is 15.0 Å². The van der Waals surface area contributed by atoms with E-state index < -0.39 is 0 Å². The Labute approximate surface area is 116 Å². The molecule has 3 aromatic rings. The van der Waals surface area contributed by atoms with Crippen LogP contribution >= 0.6 is 0 Å². The molecule has 0 unspecified atom stereocenters. The number of hydrogen-bond donors (Lipinski definition) is 1. The molecule has 0 spiro atoms. The van der Waals surface area contributed by atoms with E-state index in [0.29, 0.717) is 6.54 Å². The van der Waals surface area contributed by atoms with Crippen LogP contribution in [0, 0.1) is 0 Å². The van der Waals surface area contributed by atoms with Gasteiger partial charge in [0.15, 0.2) is 11.5 Å². The summed E-state index contributed by atoms with van der Waals surface area (Å²) in [5, 5.41) is 8.26. The van der Waals surface area contributed by atoms with Gasteiger partial charge in [-0.2, -0.15) is 5.10 Å². The molecule has 0 atom stereocenters. The molecule has 0 saturated heterocycles. The van der Waals surface area contributed by atoms with Crippen LogP contribution < -0.4 is 5.32 Å². The van der Waals surface area contributed by atoms with Crippen molar-refractivity contribution in [2.24, 2.45) is 7.05 Å². The maximum Gasteiger partial charge on any atom is 0.163 e. The van der Waals surface area contributed by atoms with E-state index in [4.69, 9.17) is 0 Å². The highest BCUT2D eigenvalue weighted by Crippen LogP contribution is 2.19. The van der Waals surface area contributed by atoms with Gasteiger partial charge in [0.05, 0.1) is 18.1 Å². The fraction of sp³-hybridized carbons (Fsp3) is 0.385. The molecule has 3 rings (SSSR count). The molecule has 20 heavy (non-hydrogen) atoms. The average molecular weight is 271 g/mol. The first-order valence-corrected chi connectivity index (χ1v) is 6.59. The van der Waals surface area contributed by atoms with E-state index in [1.165, 1.54) is 0 Å². The summed E-state index contributed by atoms with van der Waals surface area (Å²) < 4.78 is 3.83. The van der Waals surface area contributed by atoms with Crippen LogP contribution in [0.3, 0.4) is 0 Å². The van der Waals surface area contributed by atoms with E-state index in [1.54, 1.807) is 17.1 Å². The Morgan fingerprint density at radius 2 is 2.15 bits per heavy atom. The van der Waals surface area contributed by atoms with Crippen LogP contribution in [-0.2, 0) is 20.0 Å². The van der Waals surface area contributed by atoms with E-state index in [0.717, 1.165) is 34.9 Å². The minimum absolute atomic E-state index is 0.610. The minimum Gasteiger partial charge on any atom is -0.372 e. The van der Waals surface area contributed by atoms with Crippen molar-refractivity contribution in [2.75, 3.05) is 12.4 Å². The molecule has 0 aliphatic carbocycles. The number of nitrogens with one attached hydrogen (secondary N) is 1. The summed E-state index contributed by atoms with van der Waals surface area (Å²) in [6, 6.07) is 0. The van der Waals surface area contributed by atoms with E-state index in [-0.39, 0.29) is 0 Å². The van der Waals surface area contributed by atoms with Gasteiger partial charge >= 0.3 is 0 Å². The fourth-order valence-electron chi connectivity index (χ4n) is 2.28. The molecule has 7 heteroatoms. The average Bonchev–Trinajstić information content (AvgIpc) is 3.05. The molecule has 0 aliphatic rings. The highest BCUT2D eigenvalue weighted by Gasteiger charge is 2.11. The van der Waals surface area contributed by atoms with Crippen molar-refractivity contribution in [1.82, 2.24) is 29.3 Å². The number of rotatable bonds is 4.